The largest absolute Gasteiger partial charge is 0.383 e. The molecule has 0 saturated carbocycles. The Hall–Kier alpha value is -1.19. The summed E-state index contributed by atoms with van der Waals surface area (Å²) in [7, 11) is 0. The van der Waals surface area contributed by atoms with Crippen molar-refractivity contribution in [2.24, 2.45) is 0 Å². The SMILES string of the molecule is Cc1cc(C(O)c2cccs2)ccc1F. The van der Waals surface area contributed by atoms with Crippen LogP contribution in [0, 0.1) is 12.7 Å². The highest BCUT2D eigenvalue weighted by atomic mass is 32.1. The average Bonchev–Trinajstić information content (AvgIpc) is 2.74. The monoisotopic (exact) mass is 222 g/mol. The third-order valence-electron chi connectivity index (χ3n) is 2.31. The first-order valence-electron chi connectivity index (χ1n) is 4.66. The van der Waals surface area contributed by atoms with Crippen molar-refractivity contribution in [3.63, 3.8) is 0 Å². The summed E-state index contributed by atoms with van der Waals surface area (Å²) in [5.41, 5.74) is 1.29. The minimum Gasteiger partial charge on any atom is -0.383 e. The molecule has 0 radical (unpaired) electrons. The van der Waals surface area contributed by atoms with Crippen molar-refractivity contribution in [3.05, 3.63) is 57.5 Å². The third-order valence-corrected chi connectivity index (χ3v) is 3.24. The normalized spacial score (nSPS) is 12.7. The second-order valence-electron chi connectivity index (χ2n) is 3.43. The van der Waals surface area contributed by atoms with Gasteiger partial charge in [-0.1, -0.05) is 18.2 Å². The fourth-order valence-corrected chi connectivity index (χ4v) is 2.19. The molecule has 0 aliphatic carbocycles. The predicted octanol–water partition coefficient (Wildman–Crippen LogP) is 3.28. The van der Waals surface area contributed by atoms with E-state index in [1.54, 1.807) is 19.1 Å². The van der Waals surface area contributed by atoms with Gasteiger partial charge >= 0.3 is 0 Å². The van der Waals surface area contributed by atoms with Crippen LogP contribution in [0.4, 0.5) is 4.39 Å². The predicted molar refractivity (Wildman–Crippen MR) is 59.5 cm³/mol. The van der Waals surface area contributed by atoms with Crippen LogP contribution in [0.2, 0.25) is 0 Å². The Bertz CT molecular complexity index is 451. The fraction of sp³-hybridized carbons (Fsp3) is 0.167. The lowest BCUT2D eigenvalue weighted by atomic mass is 10.1. The maximum Gasteiger partial charge on any atom is 0.126 e. The highest BCUT2D eigenvalue weighted by Gasteiger charge is 2.12. The van der Waals surface area contributed by atoms with Crippen LogP contribution < -0.4 is 0 Å². The van der Waals surface area contributed by atoms with E-state index >= 15 is 0 Å². The van der Waals surface area contributed by atoms with Crippen molar-refractivity contribution in [3.8, 4) is 0 Å². The minimum atomic E-state index is -0.649. The lowest BCUT2D eigenvalue weighted by Crippen LogP contribution is -1.98. The molecule has 3 heteroatoms. The molecule has 2 aromatic rings. The van der Waals surface area contributed by atoms with Gasteiger partial charge < -0.3 is 5.11 Å². The number of hydrogen-bond donors (Lipinski definition) is 1. The molecule has 1 atom stereocenters. The van der Waals surface area contributed by atoms with Gasteiger partial charge in [0.1, 0.15) is 11.9 Å². The molecule has 1 heterocycles. The molecule has 1 unspecified atom stereocenters. The number of benzene rings is 1. The molecule has 15 heavy (non-hydrogen) atoms. The Balaban J connectivity index is 2.34. The molecule has 1 nitrogen and oxygen atoms in total. The number of aryl methyl sites for hydroxylation is 1. The van der Waals surface area contributed by atoms with Crippen LogP contribution in [0.3, 0.4) is 0 Å². The zero-order chi connectivity index (χ0) is 10.8. The summed E-state index contributed by atoms with van der Waals surface area (Å²) in [5.74, 6) is -0.239. The van der Waals surface area contributed by atoms with Gasteiger partial charge in [0.25, 0.3) is 0 Å². The third kappa shape index (κ3) is 2.08. The first-order chi connectivity index (χ1) is 7.18. The van der Waals surface area contributed by atoms with E-state index in [-0.39, 0.29) is 5.82 Å². The van der Waals surface area contributed by atoms with E-state index in [1.165, 1.54) is 17.4 Å². The number of rotatable bonds is 2. The molecule has 0 aliphatic rings. The van der Waals surface area contributed by atoms with Gasteiger partial charge in [-0.2, -0.15) is 0 Å². The smallest absolute Gasteiger partial charge is 0.126 e. The quantitative estimate of drug-likeness (QED) is 0.826. The van der Waals surface area contributed by atoms with E-state index in [0.717, 1.165) is 10.4 Å². The van der Waals surface area contributed by atoms with E-state index in [9.17, 15) is 9.50 Å². The molecule has 0 saturated heterocycles. The molecule has 78 valence electrons. The van der Waals surface area contributed by atoms with Crippen molar-refractivity contribution in [1.29, 1.82) is 0 Å². The first-order valence-corrected chi connectivity index (χ1v) is 5.54. The number of thiophene rings is 1. The molecule has 2 rings (SSSR count). The zero-order valence-electron chi connectivity index (χ0n) is 8.27. The summed E-state index contributed by atoms with van der Waals surface area (Å²) >= 11 is 1.49. The van der Waals surface area contributed by atoms with Crippen molar-refractivity contribution in [2.45, 2.75) is 13.0 Å². The van der Waals surface area contributed by atoms with E-state index in [2.05, 4.69) is 0 Å². The lowest BCUT2D eigenvalue weighted by molar-refractivity contribution is 0.224. The van der Waals surface area contributed by atoms with Gasteiger partial charge in [-0.25, -0.2) is 4.39 Å². The fourth-order valence-electron chi connectivity index (χ4n) is 1.45. The lowest BCUT2D eigenvalue weighted by Gasteiger charge is -2.09. The molecular weight excluding hydrogens is 211 g/mol. The van der Waals surface area contributed by atoms with Crippen LogP contribution in [0.1, 0.15) is 22.1 Å². The summed E-state index contributed by atoms with van der Waals surface area (Å²) in [6.45, 7) is 1.69. The molecule has 0 amide bonds. The molecule has 1 aromatic carbocycles. The van der Waals surface area contributed by atoms with Crippen molar-refractivity contribution in [2.75, 3.05) is 0 Å². The second kappa shape index (κ2) is 4.13. The van der Waals surface area contributed by atoms with Crippen molar-refractivity contribution >= 4 is 11.3 Å². The summed E-state index contributed by atoms with van der Waals surface area (Å²) < 4.78 is 13.0. The van der Waals surface area contributed by atoms with Gasteiger partial charge in [0, 0.05) is 4.88 Å². The molecule has 0 fully saturated rings. The van der Waals surface area contributed by atoms with E-state index in [1.807, 2.05) is 17.5 Å². The maximum absolute atomic E-state index is 13.0. The van der Waals surface area contributed by atoms with Crippen LogP contribution >= 0.6 is 11.3 Å². The summed E-state index contributed by atoms with van der Waals surface area (Å²) in [5, 5.41) is 11.9. The molecule has 0 aliphatic heterocycles. The Kier molecular flexibility index (Phi) is 2.84. The topological polar surface area (TPSA) is 20.2 Å². The van der Waals surface area contributed by atoms with E-state index < -0.39 is 6.10 Å². The molecule has 1 N–H and O–H groups in total. The number of aliphatic hydroxyl groups excluding tert-OH is 1. The van der Waals surface area contributed by atoms with Gasteiger partial charge in [0.2, 0.25) is 0 Å². The zero-order valence-corrected chi connectivity index (χ0v) is 9.09. The maximum atomic E-state index is 13.0. The van der Waals surface area contributed by atoms with Crippen molar-refractivity contribution < 1.29 is 9.50 Å². The number of halogens is 1. The van der Waals surface area contributed by atoms with Gasteiger partial charge in [-0.05, 0) is 35.6 Å². The number of aliphatic hydroxyl groups is 1. The first kappa shape index (κ1) is 10.3. The van der Waals surface area contributed by atoms with Crippen molar-refractivity contribution in [1.82, 2.24) is 0 Å². The van der Waals surface area contributed by atoms with Crippen LogP contribution in [-0.4, -0.2) is 5.11 Å². The Morgan fingerprint density at radius 3 is 2.73 bits per heavy atom. The second-order valence-corrected chi connectivity index (χ2v) is 4.41. The van der Waals surface area contributed by atoms with Crippen LogP contribution in [0.5, 0.6) is 0 Å². The Morgan fingerprint density at radius 1 is 1.33 bits per heavy atom. The van der Waals surface area contributed by atoms with E-state index in [0.29, 0.717) is 5.56 Å². The Morgan fingerprint density at radius 2 is 2.13 bits per heavy atom. The van der Waals surface area contributed by atoms with Crippen LogP contribution in [0.15, 0.2) is 35.7 Å². The molecule has 1 aromatic heterocycles. The average molecular weight is 222 g/mol. The van der Waals surface area contributed by atoms with Crippen LogP contribution in [-0.2, 0) is 0 Å². The van der Waals surface area contributed by atoms with Gasteiger partial charge in [0.15, 0.2) is 0 Å². The summed E-state index contributed by atoms with van der Waals surface area (Å²) in [6, 6.07) is 8.45. The van der Waals surface area contributed by atoms with Gasteiger partial charge in [0.05, 0.1) is 0 Å². The summed E-state index contributed by atoms with van der Waals surface area (Å²) in [6.07, 6.45) is -0.649. The minimum absolute atomic E-state index is 0.239. The summed E-state index contributed by atoms with van der Waals surface area (Å²) in [4.78, 5) is 0.876. The van der Waals surface area contributed by atoms with Gasteiger partial charge in [-0.15, -0.1) is 11.3 Å². The molecular formula is C12H11FOS. The number of hydrogen-bond acceptors (Lipinski definition) is 2. The molecule has 0 bridgehead atoms. The highest BCUT2D eigenvalue weighted by Crippen LogP contribution is 2.26. The standard InChI is InChI=1S/C12H11FOS/c1-8-7-9(4-5-10(8)13)12(14)11-3-2-6-15-11/h2-7,12,14H,1H3. The highest BCUT2D eigenvalue weighted by molar-refractivity contribution is 7.10. The van der Waals surface area contributed by atoms with Crippen LogP contribution in [0.25, 0.3) is 0 Å². The Labute approximate surface area is 91.8 Å². The van der Waals surface area contributed by atoms with Gasteiger partial charge in [-0.3, -0.25) is 0 Å². The molecule has 0 spiro atoms. The van der Waals surface area contributed by atoms with E-state index in [4.69, 9.17) is 0 Å².